The topological polar surface area (TPSA) is 46.2 Å². The summed E-state index contributed by atoms with van der Waals surface area (Å²) >= 11 is 5.94. The van der Waals surface area contributed by atoms with Gasteiger partial charge in [0.05, 0.1) is 10.1 Å². The van der Waals surface area contributed by atoms with Crippen molar-refractivity contribution < 1.29 is 8.42 Å². The minimum Gasteiger partial charge on any atom is -0.316 e. The molecule has 1 aromatic rings. The first-order valence-electron chi connectivity index (χ1n) is 7.03. The number of sulfone groups is 1. The molecular weight excluding hydrogens is 294 g/mol. The van der Waals surface area contributed by atoms with Crippen LogP contribution in [0, 0.1) is 11.8 Å². The molecule has 112 valence electrons. The molecule has 4 unspecified atom stereocenters. The summed E-state index contributed by atoms with van der Waals surface area (Å²) in [4.78, 5) is 0.330. The standard InChI is InChI=1S/C15H22ClNO2S/c1-10-7-11(2)15(14(8-10)17-3)20(18,19)13-6-4-5-12(16)9-13/h4-6,9-11,14-15,17H,7-8H2,1-3H3. The van der Waals surface area contributed by atoms with Gasteiger partial charge < -0.3 is 5.32 Å². The fraction of sp³-hybridized carbons (Fsp3) is 0.600. The van der Waals surface area contributed by atoms with Crippen LogP contribution in [0.5, 0.6) is 0 Å². The molecular formula is C15H22ClNO2S. The van der Waals surface area contributed by atoms with Gasteiger partial charge in [0.1, 0.15) is 0 Å². The maximum absolute atomic E-state index is 12.9. The SMILES string of the molecule is CNC1CC(C)CC(C)C1S(=O)(=O)c1cccc(Cl)c1. The predicted molar refractivity (Wildman–Crippen MR) is 82.8 cm³/mol. The Kier molecular flexibility index (Phi) is 4.77. The lowest BCUT2D eigenvalue weighted by molar-refractivity contribution is 0.249. The number of halogens is 1. The molecule has 0 heterocycles. The summed E-state index contributed by atoms with van der Waals surface area (Å²) in [6.07, 6.45) is 1.84. The van der Waals surface area contributed by atoms with E-state index in [4.69, 9.17) is 11.6 Å². The molecule has 0 bridgehead atoms. The number of hydrogen-bond donors (Lipinski definition) is 1. The quantitative estimate of drug-likeness (QED) is 0.932. The Bertz CT molecular complexity index is 573. The molecule has 1 aliphatic carbocycles. The molecule has 0 aliphatic heterocycles. The van der Waals surface area contributed by atoms with Gasteiger partial charge in [-0.15, -0.1) is 0 Å². The first-order valence-corrected chi connectivity index (χ1v) is 8.95. The van der Waals surface area contributed by atoms with E-state index in [2.05, 4.69) is 12.2 Å². The molecule has 4 atom stereocenters. The van der Waals surface area contributed by atoms with Crippen LogP contribution < -0.4 is 5.32 Å². The lowest BCUT2D eigenvalue weighted by Crippen LogP contribution is -2.50. The zero-order valence-electron chi connectivity index (χ0n) is 12.1. The van der Waals surface area contributed by atoms with Crippen molar-refractivity contribution in [1.29, 1.82) is 0 Å². The van der Waals surface area contributed by atoms with Crippen molar-refractivity contribution in [3.63, 3.8) is 0 Å². The second kappa shape index (κ2) is 6.04. The first-order chi connectivity index (χ1) is 9.36. The zero-order valence-corrected chi connectivity index (χ0v) is 13.7. The van der Waals surface area contributed by atoms with Gasteiger partial charge in [-0.3, -0.25) is 0 Å². The zero-order chi connectivity index (χ0) is 14.9. The van der Waals surface area contributed by atoms with E-state index in [9.17, 15) is 8.42 Å². The summed E-state index contributed by atoms with van der Waals surface area (Å²) in [5.41, 5.74) is 0. The summed E-state index contributed by atoms with van der Waals surface area (Å²) in [7, 11) is -1.52. The van der Waals surface area contributed by atoms with E-state index in [0.29, 0.717) is 15.8 Å². The van der Waals surface area contributed by atoms with Crippen LogP contribution in [-0.4, -0.2) is 26.8 Å². The number of rotatable bonds is 3. The van der Waals surface area contributed by atoms with Crippen LogP contribution >= 0.6 is 11.6 Å². The van der Waals surface area contributed by atoms with E-state index in [1.165, 1.54) is 0 Å². The maximum atomic E-state index is 12.9. The van der Waals surface area contributed by atoms with Crippen molar-refractivity contribution in [2.24, 2.45) is 11.8 Å². The van der Waals surface area contributed by atoms with E-state index in [-0.39, 0.29) is 17.2 Å². The van der Waals surface area contributed by atoms with Crippen LogP contribution in [0.25, 0.3) is 0 Å². The highest BCUT2D eigenvalue weighted by Gasteiger charge is 2.42. The summed E-state index contributed by atoms with van der Waals surface area (Å²) in [5, 5.41) is 3.27. The normalized spacial score (nSPS) is 31.2. The minimum atomic E-state index is -3.37. The third-order valence-electron chi connectivity index (χ3n) is 4.24. The van der Waals surface area contributed by atoms with Crippen LogP contribution in [0.15, 0.2) is 29.2 Å². The van der Waals surface area contributed by atoms with E-state index in [1.807, 2.05) is 14.0 Å². The second-order valence-corrected chi connectivity index (χ2v) is 8.46. The molecule has 0 amide bonds. The Labute approximate surface area is 126 Å². The molecule has 3 nitrogen and oxygen atoms in total. The Morgan fingerprint density at radius 3 is 2.55 bits per heavy atom. The highest BCUT2D eigenvalue weighted by atomic mass is 35.5. The van der Waals surface area contributed by atoms with Gasteiger partial charge in [0, 0.05) is 11.1 Å². The summed E-state index contributed by atoms with van der Waals surface area (Å²) in [6.45, 7) is 4.22. The van der Waals surface area contributed by atoms with Crippen molar-refractivity contribution in [2.75, 3.05) is 7.05 Å². The number of hydrogen-bond acceptors (Lipinski definition) is 3. The van der Waals surface area contributed by atoms with Gasteiger partial charge in [-0.05, 0) is 49.9 Å². The second-order valence-electron chi connectivity index (χ2n) is 5.92. The van der Waals surface area contributed by atoms with Crippen molar-refractivity contribution >= 4 is 21.4 Å². The molecule has 1 aliphatic rings. The number of nitrogens with one attached hydrogen (secondary N) is 1. The van der Waals surface area contributed by atoms with E-state index < -0.39 is 9.84 Å². The van der Waals surface area contributed by atoms with Crippen molar-refractivity contribution in [3.05, 3.63) is 29.3 Å². The van der Waals surface area contributed by atoms with Crippen molar-refractivity contribution in [3.8, 4) is 0 Å². The molecule has 0 saturated heterocycles. The molecule has 0 aromatic heterocycles. The average molecular weight is 316 g/mol. The summed E-state index contributed by atoms with van der Waals surface area (Å²) in [5.74, 6) is 0.688. The summed E-state index contributed by atoms with van der Waals surface area (Å²) in [6, 6.07) is 6.58. The highest BCUT2D eigenvalue weighted by Crippen LogP contribution is 2.36. The smallest absolute Gasteiger partial charge is 0.183 e. The molecule has 0 spiro atoms. The first kappa shape index (κ1) is 15.8. The molecule has 1 N–H and O–H groups in total. The molecule has 20 heavy (non-hydrogen) atoms. The van der Waals surface area contributed by atoms with Gasteiger partial charge in [0.2, 0.25) is 0 Å². The van der Waals surface area contributed by atoms with Gasteiger partial charge in [-0.25, -0.2) is 8.42 Å². The monoisotopic (exact) mass is 315 g/mol. The van der Waals surface area contributed by atoms with Gasteiger partial charge in [0.25, 0.3) is 0 Å². The molecule has 5 heteroatoms. The molecule has 1 saturated carbocycles. The molecule has 1 fully saturated rings. The maximum Gasteiger partial charge on any atom is 0.183 e. The molecule has 2 rings (SSSR count). The third kappa shape index (κ3) is 3.02. The predicted octanol–water partition coefficient (Wildman–Crippen LogP) is 3.14. The van der Waals surface area contributed by atoms with Crippen LogP contribution in [0.2, 0.25) is 5.02 Å². The summed E-state index contributed by atoms with van der Waals surface area (Å²) < 4.78 is 25.9. The van der Waals surface area contributed by atoms with Crippen molar-refractivity contribution in [2.45, 2.75) is 42.9 Å². The van der Waals surface area contributed by atoms with Gasteiger partial charge in [-0.1, -0.05) is 31.5 Å². The van der Waals surface area contributed by atoms with Gasteiger partial charge >= 0.3 is 0 Å². The van der Waals surface area contributed by atoms with E-state index in [1.54, 1.807) is 24.3 Å². The van der Waals surface area contributed by atoms with Crippen molar-refractivity contribution in [1.82, 2.24) is 5.32 Å². The highest BCUT2D eigenvalue weighted by molar-refractivity contribution is 7.92. The fourth-order valence-electron chi connectivity index (χ4n) is 3.43. The van der Waals surface area contributed by atoms with Crippen LogP contribution in [0.1, 0.15) is 26.7 Å². The number of benzene rings is 1. The van der Waals surface area contributed by atoms with Crippen LogP contribution in [-0.2, 0) is 9.84 Å². The Morgan fingerprint density at radius 2 is 1.95 bits per heavy atom. The van der Waals surface area contributed by atoms with Crippen LogP contribution in [0.4, 0.5) is 0 Å². The van der Waals surface area contributed by atoms with Gasteiger partial charge in [0.15, 0.2) is 9.84 Å². The largest absolute Gasteiger partial charge is 0.316 e. The van der Waals surface area contributed by atoms with E-state index >= 15 is 0 Å². The lowest BCUT2D eigenvalue weighted by atomic mass is 9.80. The fourth-order valence-corrected chi connectivity index (χ4v) is 5.97. The molecule has 1 aromatic carbocycles. The van der Waals surface area contributed by atoms with E-state index in [0.717, 1.165) is 12.8 Å². The third-order valence-corrected chi connectivity index (χ3v) is 6.90. The Hall–Kier alpha value is -0.580. The minimum absolute atomic E-state index is 0.00210. The average Bonchev–Trinajstić information content (AvgIpc) is 2.37. The Balaban J connectivity index is 2.41. The van der Waals surface area contributed by atoms with Crippen LogP contribution in [0.3, 0.4) is 0 Å². The van der Waals surface area contributed by atoms with Gasteiger partial charge in [-0.2, -0.15) is 0 Å². The Morgan fingerprint density at radius 1 is 1.25 bits per heavy atom. The lowest BCUT2D eigenvalue weighted by Gasteiger charge is -2.39. The molecule has 0 radical (unpaired) electrons.